The second-order valence-corrected chi connectivity index (χ2v) is 2.79. The molecule has 0 radical (unpaired) electrons. The molecule has 16 heavy (non-hydrogen) atoms. The predicted molar refractivity (Wildman–Crippen MR) is 43.7 cm³/mol. The van der Waals surface area contributed by atoms with Gasteiger partial charge in [0.25, 0.3) is 0 Å². The van der Waals surface area contributed by atoms with Crippen LogP contribution in [0.3, 0.4) is 0 Å². The van der Waals surface area contributed by atoms with Crippen LogP contribution < -0.4 is 29.6 Å². The molecule has 1 N–H and O–H groups in total. The Morgan fingerprint density at radius 2 is 1.94 bits per heavy atom. The molecule has 0 aromatic rings. The molecule has 8 heteroatoms. The topological polar surface area (TPSA) is 70.3 Å². The van der Waals surface area contributed by atoms with Crippen LogP contribution in [0.2, 0.25) is 0 Å². The van der Waals surface area contributed by atoms with Crippen molar-refractivity contribution in [3.8, 4) is 6.07 Å². The van der Waals surface area contributed by atoms with Gasteiger partial charge < -0.3 is 11.3 Å². The van der Waals surface area contributed by atoms with Crippen LogP contribution in [-0.4, -0.2) is 23.4 Å². The van der Waals surface area contributed by atoms with E-state index in [9.17, 15) is 18.0 Å². The van der Waals surface area contributed by atoms with Gasteiger partial charge >= 0.3 is 41.7 Å². The molecule has 0 atom stereocenters. The van der Waals surface area contributed by atoms with Crippen molar-refractivity contribution in [2.45, 2.75) is 26.1 Å². The summed E-state index contributed by atoms with van der Waals surface area (Å²) >= 11 is 0. The number of aliphatic hydroxyl groups is 1. The molecule has 86 valence electrons. The van der Waals surface area contributed by atoms with Gasteiger partial charge in [-0.05, 0) is 13.8 Å². The molecule has 0 aliphatic rings. The van der Waals surface area contributed by atoms with Gasteiger partial charge in [-0.25, -0.2) is 4.79 Å². The summed E-state index contributed by atoms with van der Waals surface area (Å²) in [5.41, 5.74) is -1.45. The van der Waals surface area contributed by atoms with Crippen LogP contribution in [0.1, 0.15) is 15.3 Å². The van der Waals surface area contributed by atoms with Crippen molar-refractivity contribution in [1.29, 1.82) is 5.26 Å². The second kappa shape index (κ2) is 6.78. The number of esters is 1. The largest absolute Gasteiger partial charge is 1.00 e. The number of hydrogen-bond acceptors (Lipinski definition) is 4. The Kier molecular flexibility index (Phi) is 7.49. The van der Waals surface area contributed by atoms with Gasteiger partial charge in [0.05, 0.1) is 6.10 Å². The van der Waals surface area contributed by atoms with E-state index in [1.165, 1.54) is 13.8 Å². The van der Waals surface area contributed by atoms with Crippen LogP contribution in [0.4, 0.5) is 13.2 Å². The maximum Gasteiger partial charge on any atom is 1.00 e. The van der Waals surface area contributed by atoms with E-state index >= 15 is 0 Å². The Morgan fingerprint density at radius 3 is 2.19 bits per heavy atom. The Bertz CT molecular complexity index is 336. The third-order valence-corrected chi connectivity index (χ3v) is 1.16. The van der Waals surface area contributed by atoms with Gasteiger partial charge in [-0.1, -0.05) is 0 Å². The fourth-order valence-electron chi connectivity index (χ4n) is 0.610. The summed E-state index contributed by atoms with van der Waals surface area (Å²) in [5.74, 6) is -3.74. The number of nitrogens with zero attached hydrogens (tertiary/aromatic N) is 1. The molecule has 0 aliphatic carbocycles. The summed E-state index contributed by atoms with van der Waals surface area (Å²) in [6.45, 7) is 2.80. The van der Waals surface area contributed by atoms with Crippen LogP contribution in [0.5, 0.6) is 0 Å². The molecule has 4 nitrogen and oxygen atoms in total. The zero-order valence-electron chi connectivity index (χ0n) is 9.92. The first kappa shape index (κ1) is 17.7. The van der Waals surface area contributed by atoms with Gasteiger partial charge in [-0.15, -0.1) is 0 Å². The van der Waals surface area contributed by atoms with Crippen LogP contribution in [0.15, 0.2) is 11.3 Å². The molecule has 0 rings (SSSR count). The fourth-order valence-corrected chi connectivity index (χ4v) is 0.610. The van der Waals surface area contributed by atoms with Crippen LogP contribution in [0, 0.1) is 11.3 Å². The molecule has 0 bridgehead atoms. The summed E-state index contributed by atoms with van der Waals surface area (Å²) in [6.07, 6.45) is -5.82. The third kappa shape index (κ3) is 5.39. The molecule has 0 heterocycles. The van der Waals surface area contributed by atoms with E-state index in [1.807, 2.05) is 0 Å². The van der Waals surface area contributed by atoms with Crippen molar-refractivity contribution in [2.75, 3.05) is 0 Å². The normalized spacial score (nSPS) is 12.3. The molecular weight excluding hydrogens is 238 g/mol. The zero-order chi connectivity index (χ0) is 12.2. The quantitative estimate of drug-likeness (QED) is 0.222. The first-order valence-electron chi connectivity index (χ1n) is 3.81. The van der Waals surface area contributed by atoms with Gasteiger partial charge in [0.1, 0.15) is 6.07 Å². The number of rotatable bonds is 2. The van der Waals surface area contributed by atoms with E-state index in [-0.39, 0.29) is 31.0 Å². The summed E-state index contributed by atoms with van der Waals surface area (Å²) in [5, 5.41) is 16.8. The number of hydrogen-bond donors (Lipinski definition) is 1. The molecule has 0 saturated heterocycles. The maximum absolute atomic E-state index is 11.9. The molecule has 0 aromatic carbocycles. The van der Waals surface area contributed by atoms with Crippen LogP contribution >= 0.6 is 0 Å². The molecule has 0 amide bonds. The van der Waals surface area contributed by atoms with E-state index in [2.05, 4.69) is 4.74 Å². The monoisotopic (exact) mass is 247 g/mol. The second-order valence-electron chi connectivity index (χ2n) is 2.79. The summed E-state index contributed by atoms with van der Waals surface area (Å²) < 4.78 is 40.1. The van der Waals surface area contributed by atoms with Crippen LogP contribution in [0.25, 0.3) is 0 Å². The number of halogens is 3. The average Bonchev–Trinajstić information content (AvgIpc) is 2.01. The zero-order valence-corrected chi connectivity index (χ0v) is 10.9. The fraction of sp³-hybridized carbons (Fsp3) is 0.500. The molecule has 0 fully saturated rings. The molecule has 0 aliphatic heterocycles. The molecular formula is C8H9F3NNaO3. The first-order chi connectivity index (χ1) is 6.70. The third-order valence-electron chi connectivity index (χ3n) is 1.16. The van der Waals surface area contributed by atoms with Crippen molar-refractivity contribution in [3.05, 3.63) is 11.3 Å². The van der Waals surface area contributed by atoms with Crippen molar-refractivity contribution in [3.63, 3.8) is 0 Å². The number of nitriles is 1. The van der Waals surface area contributed by atoms with E-state index in [0.717, 1.165) is 6.07 Å². The van der Waals surface area contributed by atoms with Crippen molar-refractivity contribution < 1.29 is 58.8 Å². The molecule has 0 unspecified atom stereocenters. The minimum Gasteiger partial charge on any atom is -1.00 e. The van der Waals surface area contributed by atoms with Gasteiger partial charge in [0, 0.05) is 0 Å². The summed E-state index contributed by atoms with van der Waals surface area (Å²) in [6, 6.07) is 0.949. The van der Waals surface area contributed by atoms with Crippen molar-refractivity contribution >= 4 is 5.97 Å². The number of alkyl halides is 3. The molecule has 0 spiro atoms. The van der Waals surface area contributed by atoms with E-state index in [0.29, 0.717) is 0 Å². The predicted octanol–water partition coefficient (Wildman–Crippen LogP) is -1.05. The number of carbonyl (C=O) groups excluding carboxylic acids is 1. The van der Waals surface area contributed by atoms with E-state index in [4.69, 9.17) is 10.4 Å². The van der Waals surface area contributed by atoms with Crippen LogP contribution in [-0.2, 0) is 9.53 Å². The number of aliphatic hydroxyl groups excluding tert-OH is 1. The Hall–Kier alpha value is -0.710. The number of ether oxygens (including phenoxy) is 1. The van der Waals surface area contributed by atoms with Gasteiger partial charge in [0.2, 0.25) is 5.76 Å². The SMILES string of the molecule is CC(C)OC(=O)/C(C#N)=C(\O)C(F)(F)F.[H-].[Na+]. The average molecular weight is 247 g/mol. The Balaban J connectivity index is -0.000000980. The summed E-state index contributed by atoms with van der Waals surface area (Å²) in [4.78, 5) is 10.9. The maximum atomic E-state index is 11.9. The Labute approximate surface area is 113 Å². The molecule has 0 saturated carbocycles. The number of carbonyl (C=O) groups is 1. The van der Waals surface area contributed by atoms with Gasteiger partial charge in [-0.3, -0.25) is 0 Å². The van der Waals surface area contributed by atoms with E-state index in [1.54, 1.807) is 0 Å². The van der Waals surface area contributed by atoms with Crippen molar-refractivity contribution in [1.82, 2.24) is 0 Å². The standard InChI is InChI=1S/C8H8F3NO3.Na.H/c1-4(2)15-7(14)5(3-12)6(13)8(9,10)11;;/h4,13H,1-2H3;;/q;+1;-1/b6-5-;;. The minimum absolute atomic E-state index is 0. The molecule has 0 aromatic heterocycles. The van der Waals surface area contributed by atoms with E-state index < -0.39 is 29.6 Å². The van der Waals surface area contributed by atoms with Crippen molar-refractivity contribution in [2.24, 2.45) is 0 Å². The smallest absolute Gasteiger partial charge is 1.00 e. The van der Waals surface area contributed by atoms with Gasteiger partial charge in [-0.2, -0.15) is 18.4 Å². The summed E-state index contributed by atoms with van der Waals surface area (Å²) in [7, 11) is 0. The number of allylic oxidation sites excluding steroid dienone is 1. The van der Waals surface area contributed by atoms with Gasteiger partial charge in [0.15, 0.2) is 5.57 Å². The Morgan fingerprint density at radius 1 is 1.50 bits per heavy atom. The minimum atomic E-state index is -5.14. The first-order valence-corrected chi connectivity index (χ1v) is 3.81.